The number of carbonyl (C=O) groups is 2. The average molecular weight is 456 g/mol. The van der Waals surface area contributed by atoms with Crippen molar-refractivity contribution in [3.63, 3.8) is 0 Å². The van der Waals surface area contributed by atoms with Gasteiger partial charge < -0.3 is 20.1 Å². The van der Waals surface area contributed by atoms with E-state index in [1.165, 1.54) is 0 Å². The van der Waals surface area contributed by atoms with Crippen molar-refractivity contribution in [1.29, 1.82) is 0 Å². The summed E-state index contributed by atoms with van der Waals surface area (Å²) in [5.41, 5.74) is 1.63. The SMILES string of the molecule is CCCCOc1ccccc1C(=O)NC(=S)Nc1ccc(C(=O)NCC2CCCO2)cc1. The number of amides is 2. The van der Waals surface area contributed by atoms with Gasteiger partial charge in [-0.3, -0.25) is 14.9 Å². The summed E-state index contributed by atoms with van der Waals surface area (Å²) < 4.78 is 11.2. The monoisotopic (exact) mass is 455 g/mol. The van der Waals surface area contributed by atoms with E-state index in [4.69, 9.17) is 21.7 Å². The summed E-state index contributed by atoms with van der Waals surface area (Å²) >= 11 is 5.27. The molecule has 2 aromatic rings. The molecule has 0 bridgehead atoms. The van der Waals surface area contributed by atoms with E-state index >= 15 is 0 Å². The second-order valence-corrected chi connectivity index (χ2v) is 7.94. The van der Waals surface area contributed by atoms with Crippen LogP contribution >= 0.6 is 12.2 Å². The molecular formula is C24H29N3O4S. The third-order valence-corrected chi connectivity index (χ3v) is 5.24. The highest BCUT2D eigenvalue weighted by molar-refractivity contribution is 7.80. The summed E-state index contributed by atoms with van der Waals surface area (Å²) in [6.45, 7) is 3.90. The standard InChI is InChI=1S/C24H29N3O4S/c1-2-3-14-31-21-9-5-4-8-20(21)23(29)27-24(32)26-18-12-10-17(11-13-18)22(28)25-16-19-7-6-15-30-19/h4-5,8-13,19H,2-3,6-7,14-16H2,1H3,(H,25,28)(H2,26,27,29,32). The topological polar surface area (TPSA) is 88.7 Å². The Morgan fingerprint density at radius 2 is 1.91 bits per heavy atom. The van der Waals surface area contributed by atoms with Crippen LogP contribution in [0.4, 0.5) is 5.69 Å². The lowest BCUT2D eigenvalue weighted by molar-refractivity contribution is 0.0857. The number of hydrogen-bond acceptors (Lipinski definition) is 5. The summed E-state index contributed by atoms with van der Waals surface area (Å²) in [7, 11) is 0. The van der Waals surface area contributed by atoms with E-state index in [1.807, 2.05) is 6.07 Å². The van der Waals surface area contributed by atoms with Gasteiger partial charge in [-0.15, -0.1) is 0 Å². The zero-order valence-corrected chi connectivity index (χ0v) is 19.0. The second kappa shape index (κ2) is 12.2. The van der Waals surface area contributed by atoms with Crippen molar-refractivity contribution in [2.75, 3.05) is 25.1 Å². The van der Waals surface area contributed by atoms with Gasteiger partial charge in [0.2, 0.25) is 0 Å². The van der Waals surface area contributed by atoms with Crippen molar-refractivity contribution in [3.8, 4) is 5.75 Å². The van der Waals surface area contributed by atoms with E-state index in [0.717, 1.165) is 32.3 Å². The number of nitrogens with one attached hydrogen (secondary N) is 3. The van der Waals surface area contributed by atoms with E-state index in [9.17, 15) is 9.59 Å². The molecule has 0 saturated carbocycles. The average Bonchev–Trinajstić information content (AvgIpc) is 3.32. The number of hydrogen-bond donors (Lipinski definition) is 3. The molecule has 0 radical (unpaired) electrons. The van der Waals surface area contributed by atoms with Crippen LogP contribution in [0.5, 0.6) is 5.75 Å². The van der Waals surface area contributed by atoms with Crippen LogP contribution in [0.2, 0.25) is 0 Å². The number of rotatable bonds is 9. The van der Waals surface area contributed by atoms with Crippen LogP contribution in [-0.4, -0.2) is 42.8 Å². The van der Waals surface area contributed by atoms with Crippen LogP contribution in [-0.2, 0) is 4.74 Å². The highest BCUT2D eigenvalue weighted by Crippen LogP contribution is 2.18. The zero-order valence-electron chi connectivity index (χ0n) is 18.2. The Balaban J connectivity index is 1.50. The van der Waals surface area contributed by atoms with E-state index in [2.05, 4.69) is 22.9 Å². The van der Waals surface area contributed by atoms with Gasteiger partial charge in [0.1, 0.15) is 5.75 Å². The first kappa shape index (κ1) is 23.7. The van der Waals surface area contributed by atoms with Crippen LogP contribution in [0.15, 0.2) is 48.5 Å². The van der Waals surface area contributed by atoms with Crippen LogP contribution in [0.3, 0.4) is 0 Å². The number of anilines is 1. The Morgan fingerprint density at radius 1 is 1.12 bits per heavy atom. The fourth-order valence-electron chi connectivity index (χ4n) is 3.26. The first-order chi connectivity index (χ1) is 15.6. The van der Waals surface area contributed by atoms with Gasteiger partial charge in [0, 0.05) is 24.4 Å². The molecule has 170 valence electrons. The lowest BCUT2D eigenvalue weighted by Gasteiger charge is -2.13. The van der Waals surface area contributed by atoms with Gasteiger partial charge in [-0.1, -0.05) is 25.5 Å². The highest BCUT2D eigenvalue weighted by atomic mass is 32.1. The molecule has 1 atom stereocenters. The van der Waals surface area contributed by atoms with Gasteiger partial charge in [0.15, 0.2) is 5.11 Å². The maximum atomic E-state index is 12.6. The van der Waals surface area contributed by atoms with Gasteiger partial charge in [0.05, 0.1) is 18.3 Å². The molecule has 1 aliphatic rings. The summed E-state index contributed by atoms with van der Waals surface area (Å²) in [4.78, 5) is 24.9. The molecule has 1 fully saturated rings. The molecule has 1 unspecified atom stereocenters. The van der Waals surface area contributed by atoms with Crippen molar-refractivity contribution >= 4 is 34.8 Å². The molecule has 1 saturated heterocycles. The lowest BCUT2D eigenvalue weighted by Crippen LogP contribution is -2.34. The Morgan fingerprint density at radius 3 is 2.62 bits per heavy atom. The molecular weight excluding hydrogens is 426 g/mol. The maximum absolute atomic E-state index is 12.6. The van der Waals surface area contributed by atoms with E-state index in [0.29, 0.717) is 35.7 Å². The Bertz CT molecular complexity index is 927. The third-order valence-electron chi connectivity index (χ3n) is 5.03. The second-order valence-electron chi connectivity index (χ2n) is 7.53. The quantitative estimate of drug-likeness (QED) is 0.393. The summed E-state index contributed by atoms with van der Waals surface area (Å²) in [6, 6.07) is 14.0. The van der Waals surface area contributed by atoms with Gasteiger partial charge in [-0.05, 0) is 67.9 Å². The molecule has 3 rings (SSSR count). The third kappa shape index (κ3) is 7.03. The molecule has 7 nitrogen and oxygen atoms in total. The van der Waals surface area contributed by atoms with E-state index in [-0.39, 0.29) is 23.0 Å². The Hall–Kier alpha value is -2.97. The van der Waals surface area contributed by atoms with Crippen LogP contribution in [0, 0.1) is 0 Å². The number of ether oxygens (including phenoxy) is 2. The number of unbranched alkanes of at least 4 members (excludes halogenated alkanes) is 1. The molecule has 8 heteroatoms. The summed E-state index contributed by atoms with van der Waals surface area (Å²) in [5.74, 6) is 0.0296. The molecule has 2 aromatic carbocycles. The van der Waals surface area contributed by atoms with Crippen LogP contribution < -0.4 is 20.7 Å². The zero-order chi connectivity index (χ0) is 22.8. The molecule has 1 heterocycles. The minimum atomic E-state index is -0.347. The van der Waals surface area contributed by atoms with Crippen molar-refractivity contribution in [2.45, 2.75) is 38.7 Å². The number of benzene rings is 2. The smallest absolute Gasteiger partial charge is 0.261 e. The van der Waals surface area contributed by atoms with Crippen molar-refractivity contribution in [1.82, 2.24) is 10.6 Å². The normalized spacial score (nSPS) is 15.1. The number of para-hydroxylation sites is 1. The van der Waals surface area contributed by atoms with Crippen molar-refractivity contribution in [2.24, 2.45) is 0 Å². The number of carbonyl (C=O) groups excluding carboxylic acids is 2. The maximum Gasteiger partial charge on any atom is 0.261 e. The van der Waals surface area contributed by atoms with Crippen molar-refractivity contribution in [3.05, 3.63) is 59.7 Å². The molecule has 3 N–H and O–H groups in total. The minimum Gasteiger partial charge on any atom is -0.493 e. The largest absolute Gasteiger partial charge is 0.493 e. The van der Waals surface area contributed by atoms with E-state index in [1.54, 1.807) is 42.5 Å². The Labute approximate surface area is 193 Å². The van der Waals surface area contributed by atoms with Gasteiger partial charge in [0.25, 0.3) is 11.8 Å². The molecule has 1 aliphatic heterocycles. The van der Waals surface area contributed by atoms with Gasteiger partial charge >= 0.3 is 0 Å². The number of thiocarbonyl (C=S) groups is 1. The van der Waals surface area contributed by atoms with Crippen LogP contribution in [0.1, 0.15) is 53.3 Å². The van der Waals surface area contributed by atoms with Gasteiger partial charge in [-0.2, -0.15) is 0 Å². The summed E-state index contributed by atoms with van der Waals surface area (Å²) in [6.07, 6.45) is 4.04. The first-order valence-electron chi connectivity index (χ1n) is 10.9. The molecule has 2 amide bonds. The fourth-order valence-corrected chi connectivity index (χ4v) is 3.47. The Kier molecular flexibility index (Phi) is 9.01. The highest BCUT2D eigenvalue weighted by Gasteiger charge is 2.17. The fraction of sp³-hybridized carbons (Fsp3) is 0.375. The lowest BCUT2D eigenvalue weighted by atomic mass is 10.2. The van der Waals surface area contributed by atoms with Crippen molar-refractivity contribution < 1.29 is 19.1 Å². The molecule has 0 spiro atoms. The molecule has 0 aliphatic carbocycles. The predicted molar refractivity (Wildman–Crippen MR) is 128 cm³/mol. The molecule has 32 heavy (non-hydrogen) atoms. The van der Waals surface area contributed by atoms with Gasteiger partial charge in [-0.25, -0.2) is 0 Å². The minimum absolute atomic E-state index is 0.100. The predicted octanol–water partition coefficient (Wildman–Crippen LogP) is 3.90. The van der Waals surface area contributed by atoms with Crippen LogP contribution in [0.25, 0.3) is 0 Å². The summed E-state index contributed by atoms with van der Waals surface area (Å²) in [5, 5.41) is 8.69. The van der Waals surface area contributed by atoms with E-state index < -0.39 is 0 Å². The molecule has 0 aromatic heterocycles. The first-order valence-corrected chi connectivity index (χ1v) is 11.3.